The van der Waals surface area contributed by atoms with Crippen LogP contribution < -0.4 is 4.74 Å². The first kappa shape index (κ1) is 18.2. The molecule has 0 spiro atoms. The fourth-order valence-corrected chi connectivity index (χ4v) is 2.86. The maximum Gasteiger partial charge on any atom is 0.573 e. The van der Waals surface area contributed by atoms with Crippen molar-refractivity contribution < 1.29 is 26.7 Å². The summed E-state index contributed by atoms with van der Waals surface area (Å²) in [7, 11) is 0. The Morgan fingerprint density at radius 3 is 2.04 bits per heavy atom. The number of ether oxygens (including phenoxy) is 1. The van der Waals surface area contributed by atoms with Gasteiger partial charge in [-0.2, -0.15) is 0 Å². The van der Waals surface area contributed by atoms with E-state index >= 15 is 0 Å². The summed E-state index contributed by atoms with van der Waals surface area (Å²) < 4.78 is 67.9. The van der Waals surface area contributed by atoms with Gasteiger partial charge in [-0.1, -0.05) is 43.7 Å². The van der Waals surface area contributed by atoms with E-state index in [1.54, 1.807) is 12.1 Å². The van der Waals surface area contributed by atoms with Crippen molar-refractivity contribution in [3.8, 4) is 16.9 Å². The Morgan fingerprint density at radius 1 is 0.808 bits per heavy atom. The second-order valence-corrected chi connectivity index (χ2v) is 5.96. The standard InChI is InChI=1S/C20H15F5O/c1-2-3-12-4-5-14-9-15(7-6-13(14)8-12)16-10-17(21)19(18(22)11-16)26-20(23,24)25/h4-11H,2-3H2,1H3. The van der Waals surface area contributed by atoms with E-state index in [0.29, 0.717) is 5.56 Å². The largest absolute Gasteiger partial charge is 0.573 e. The van der Waals surface area contributed by atoms with Crippen molar-refractivity contribution in [2.45, 2.75) is 26.1 Å². The lowest BCUT2D eigenvalue weighted by Gasteiger charge is -2.12. The summed E-state index contributed by atoms with van der Waals surface area (Å²) in [6, 6.07) is 12.8. The first-order chi connectivity index (χ1) is 12.3. The second-order valence-electron chi connectivity index (χ2n) is 5.96. The van der Waals surface area contributed by atoms with Gasteiger partial charge in [0.1, 0.15) is 0 Å². The van der Waals surface area contributed by atoms with Gasteiger partial charge in [0.2, 0.25) is 5.75 Å². The molecule has 0 aliphatic rings. The van der Waals surface area contributed by atoms with Crippen LogP contribution in [0.25, 0.3) is 21.9 Å². The molecular formula is C20H15F5O. The Labute approximate surface area is 147 Å². The Kier molecular flexibility index (Phi) is 4.85. The summed E-state index contributed by atoms with van der Waals surface area (Å²) in [6.45, 7) is 2.09. The molecule has 0 aliphatic carbocycles. The molecule has 1 nitrogen and oxygen atoms in total. The number of hydrogen-bond acceptors (Lipinski definition) is 1. The topological polar surface area (TPSA) is 9.23 Å². The van der Waals surface area contributed by atoms with E-state index in [2.05, 4.69) is 11.7 Å². The molecule has 26 heavy (non-hydrogen) atoms. The highest BCUT2D eigenvalue weighted by Crippen LogP contribution is 2.33. The highest BCUT2D eigenvalue weighted by atomic mass is 19.4. The maximum atomic E-state index is 13.9. The van der Waals surface area contributed by atoms with Crippen molar-refractivity contribution in [3.63, 3.8) is 0 Å². The van der Waals surface area contributed by atoms with Gasteiger partial charge in [0.15, 0.2) is 11.6 Å². The van der Waals surface area contributed by atoms with E-state index in [-0.39, 0.29) is 5.56 Å². The molecule has 0 saturated carbocycles. The quantitative estimate of drug-likeness (QED) is 0.471. The molecule has 0 heterocycles. The zero-order chi connectivity index (χ0) is 18.9. The molecule has 3 aromatic rings. The Hall–Kier alpha value is -2.63. The average Bonchev–Trinajstić information content (AvgIpc) is 2.57. The third kappa shape index (κ3) is 3.95. The number of aryl methyl sites for hydroxylation is 1. The summed E-state index contributed by atoms with van der Waals surface area (Å²) in [5.41, 5.74) is 1.82. The van der Waals surface area contributed by atoms with Crippen LogP contribution in [0.1, 0.15) is 18.9 Å². The molecule has 0 aliphatic heterocycles. The minimum Gasteiger partial charge on any atom is -0.399 e. The Balaban J connectivity index is 1.99. The van der Waals surface area contributed by atoms with Crippen LogP contribution in [0.2, 0.25) is 0 Å². The molecule has 136 valence electrons. The summed E-state index contributed by atoms with van der Waals surface area (Å²) >= 11 is 0. The third-order valence-electron chi connectivity index (χ3n) is 3.99. The van der Waals surface area contributed by atoms with Gasteiger partial charge in [0, 0.05) is 0 Å². The highest BCUT2D eigenvalue weighted by Gasteiger charge is 2.34. The molecule has 0 fully saturated rings. The second kappa shape index (κ2) is 6.94. The van der Waals surface area contributed by atoms with E-state index in [1.807, 2.05) is 24.3 Å². The normalized spacial score (nSPS) is 11.8. The van der Waals surface area contributed by atoms with Gasteiger partial charge < -0.3 is 4.74 Å². The van der Waals surface area contributed by atoms with Crippen molar-refractivity contribution in [1.29, 1.82) is 0 Å². The Bertz CT molecular complexity index is 924. The van der Waals surface area contributed by atoms with Gasteiger partial charge in [-0.15, -0.1) is 13.2 Å². The number of fused-ring (bicyclic) bond motifs is 1. The van der Waals surface area contributed by atoms with Gasteiger partial charge in [0.05, 0.1) is 0 Å². The van der Waals surface area contributed by atoms with Gasteiger partial charge in [-0.25, -0.2) is 8.78 Å². The van der Waals surface area contributed by atoms with Crippen LogP contribution in [0.4, 0.5) is 22.0 Å². The smallest absolute Gasteiger partial charge is 0.399 e. The zero-order valence-corrected chi connectivity index (χ0v) is 13.8. The molecule has 3 aromatic carbocycles. The number of hydrogen-bond donors (Lipinski definition) is 0. The lowest BCUT2D eigenvalue weighted by Crippen LogP contribution is -2.19. The molecule has 0 radical (unpaired) electrons. The van der Waals surface area contributed by atoms with Crippen molar-refractivity contribution in [2.75, 3.05) is 0 Å². The predicted molar refractivity (Wildman–Crippen MR) is 90.0 cm³/mol. The first-order valence-corrected chi connectivity index (χ1v) is 8.04. The van der Waals surface area contributed by atoms with Crippen molar-refractivity contribution in [3.05, 3.63) is 65.7 Å². The molecule has 0 unspecified atom stereocenters. The van der Waals surface area contributed by atoms with Crippen molar-refractivity contribution in [1.82, 2.24) is 0 Å². The monoisotopic (exact) mass is 366 g/mol. The van der Waals surface area contributed by atoms with E-state index in [0.717, 1.165) is 35.7 Å². The van der Waals surface area contributed by atoms with Crippen LogP contribution in [0.15, 0.2) is 48.5 Å². The lowest BCUT2D eigenvalue weighted by atomic mass is 9.98. The fourth-order valence-electron chi connectivity index (χ4n) is 2.86. The number of benzene rings is 3. The molecule has 0 aromatic heterocycles. The van der Waals surface area contributed by atoms with Crippen LogP contribution in [-0.4, -0.2) is 6.36 Å². The summed E-state index contributed by atoms with van der Waals surface area (Å²) in [4.78, 5) is 0. The number of rotatable bonds is 4. The molecule has 3 rings (SSSR count). The van der Waals surface area contributed by atoms with Crippen LogP contribution in [0.5, 0.6) is 5.75 Å². The summed E-state index contributed by atoms with van der Waals surface area (Å²) in [6.07, 6.45) is -3.19. The van der Waals surface area contributed by atoms with E-state index in [9.17, 15) is 22.0 Å². The first-order valence-electron chi connectivity index (χ1n) is 8.04. The lowest BCUT2D eigenvalue weighted by molar-refractivity contribution is -0.276. The van der Waals surface area contributed by atoms with Crippen molar-refractivity contribution >= 4 is 10.8 Å². The van der Waals surface area contributed by atoms with Gasteiger partial charge >= 0.3 is 6.36 Å². The minimum absolute atomic E-state index is 0.133. The molecule has 0 saturated heterocycles. The average molecular weight is 366 g/mol. The molecule has 0 atom stereocenters. The third-order valence-corrected chi connectivity index (χ3v) is 3.99. The number of halogens is 5. The van der Waals surface area contributed by atoms with E-state index in [4.69, 9.17) is 0 Å². The van der Waals surface area contributed by atoms with Gasteiger partial charge in [-0.05, 0) is 52.1 Å². The van der Waals surface area contributed by atoms with Crippen LogP contribution in [0.3, 0.4) is 0 Å². The van der Waals surface area contributed by atoms with Crippen molar-refractivity contribution in [2.24, 2.45) is 0 Å². The van der Waals surface area contributed by atoms with Crippen LogP contribution in [-0.2, 0) is 6.42 Å². The van der Waals surface area contributed by atoms with Crippen LogP contribution in [0, 0.1) is 11.6 Å². The molecular weight excluding hydrogens is 351 g/mol. The fraction of sp³-hybridized carbons (Fsp3) is 0.200. The van der Waals surface area contributed by atoms with E-state index < -0.39 is 23.7 Å². The van der Waals surface area contributed by atoms with Gasteiger partial charge in [-0.3, -0.25) is 0 Å². The summed E-state index contributed by atoms with van der Waals surface area (Å²) in [5.74, 6) is -4.27. The Morgan fingerprint density at radius 2 is 1.42 bits per heavy atom. The van der Waals surface area contributed by atoms with Crippen LogP contribution >= 0.6 is 0 Å². The summed E-state index contributed by atoms with van der Waals surface area (Å²) in [5, 5.41) is 1.86. The van der Waals surface area contributed by atoms with E-state index in [1.165, 1.54) is 5.56 Å². The molecule has 0 bridgehead atoms. The van der Waals surface area contributed by atoms with Gasteiger partial charge in [0.25, 0.3) is 0 Å². The molecule has 0 N–H and O–H groups in total. The maximum absolute atomic E-state index is 13.9. The minimum atomic E-state index is -5.16. The number of alkyl halides is 3. The molecule has 0 amide bonds. The molecule has 6 heteroatoms. The SMILES string of the molecule is CCCc1ccc2cc(-c3cc(F)c(OC(F)(F)F)c(F)c3)ccc2c1. The highest BCUT2D eigenvalue weighted by molar-refractivity contribution is 5.88. The zero-order valence-electron chi connectivity index (χ0n) is 13.8. The predicted octanol–water partition coefficient (Wildman–Crippen LogP) is 6.64.